The molecule has 1 atom stereocenters. The van der Waals surface area contributed by atoms with Gasteiger partial charge in [-0.05, 0) is 19.0 Å². The van der Waals surface area contributed by atoms with Crippen LogP contribution in [0.5, 0.6) is 0 Å². The third kappa shape index (κ3) is 4.97. The van der Waals surface area contributed by atoms with E-state index in [0.717, 1.165) is 38.4 Å². The number of anilines is 1. The third-order valence-electron chi connectivity index (χ3n) is 4.42. The lowest BCUT2D eigenvalue weighted by Crippen LogP contribution is -2.52. The summed E-state index contributed by atoms with van der Waals surface area (Å²) in [6.45, 7) is 8.88. The van der Waals surface area contributed by atoms with E-state index in [9.17, 15) is 13.2 Å². The van der Waals surface area contributed by atoms with E-state index in [-0.39, 0.29) is 11.1 Å². The van der Waals surface area contributed by atoms with Crippen LogP contribution in [0, 0.1) is 5.92 Å². The number of hydrogen-bond acceptors (Lipinski definition) is 4. The Kier molecular flexibility index (Phi) is 6.33. The predicted octanol–water partition coefficient (Wildman–Crippen LogP) is 3.44. The Morgan fingerprint density at radius 3 is 2.38 bits per heavy atom. The van der Waals surface area contributed by atoms with Gasteiger partial charge >= 0.3 is 6.18 Å². The van der Waals surface area contributed by atoms with Crippen LogP contribution in [0.2, 0.25) is 5.02 Å². The topological polar surface area (TPSA) is 31.4 Å². The van der Waals surface area contributed by atoms with Gasteiger partial charge in [-0.2, -0.15) is 13.2 Å². The van der Waals surface area contributed by atoms with Crippen molar-refractivity contribution >= 4 is 17.4 Å². The summed E-state index contributed by atoms with van der Waals surface area (Å²) in [5.41, 5.74) is -0.836. The SMILES string of the molecule is CC(C)C(CNc1ncc(C(F)(F)F)cc1Cl)N1CCN(C)CC1. The van der Waals surface area contributed by atoms with Crippen molar-refractivity contribution in [1.82, 2.24) is 14.8 Å². The molecular formula is C16H24ClF3N4. The average Bonchev–Trinajstić information content (AvgIpc) is 2.49. The van der Waals surface area contributed by atoms with Gasteiger partial charge < -0.3 is 10.2 Å². The second-order valence-corrected chi connectivity index (χ2v) is 6.99. The summed E-state index contributed by atoms with van der Waals surface area (Å²) in [5, 5.41) is 3.11. The third-order valence-corrected chi connectivity index (χ3v) is 4.71. The highest BCUT2D eigenvalue weighted by atomic mass is 35.5. The van der Waals surface area contributed by atoms with E-state index >= 15 is 0 Å². The fourth-order valence-corrected chi connectivity index (χ4v) is 3.10. The minimum atomic E-state index is -4.44. The maximum absolute atomic E-state index is 12.7. The normalized spacial score (nSPS) is 18.8. The number of pyridine rings is 1. The molecule has 136 valence electrons. The monoisotopic (exact) mass is 364 g/mol. The molecule has 0 saturated carbocycles. The molecule has 0 amide bonds. The van der Waals surface area contributed by atoms with Gasteiger partial charge in [-0.1, -0.05) is 25.4 Å². The van der Waals surface area contributed by atoms with E-state index in [4.69, 9.17) is 11.6 Å². The molecule has 2 heterocycles. The van der Waals surface area contributed by atoms with E-state index in [0.29, 0.717) is 18.3 Å². The molecule has 1 aliphatic rings. The molecule has 1 unspecified atom stereocenters. The van der Waals surface area contributed by atoms with Crippen LogP contribution < -0.4 is 5.32 Å². The lowest BCUT2D eigenvalue weighted by molar-refractivity contribution is -0.137. The smallest absolute Gasteiger partial charge is 0.367 e. The summed E-state index contributed by atoms with van der Waals surface area (Å²) in [4.78, 5) is 8.54. The number of aromatic nitrogens is 1. The largest absolute Gasteiger partial charge is 0.417 e. The minimum Gasteiger partial charge on any atom is -0.367 e. The molecule has 1 aromatic rings. The van der Waals surface area contributed by atoms with Gasteiger partial charge in [0.2, 0.25) is 0 Å². The summed E-state index contributed by atoms with van der Waals surface area (Å²) in [7, 11) is 2.10. The van der Waals surface area contributed by atoms with E-state index in [1.54, 1.807) is 0 Å². The molecule has 0 aromatic carbocycles. The summed E-state index contributed by atoms with van der Waals surface area (Å²) in [5.74, 6) is 0.707. The molecule has 8 heteroatoms. The maximum Gasteiger partial charge on any atom is 0.417 e. The lowest BCUT2D eigenvalue weighted by Gasteiger charge is -2.40. The van der Waals surface area contributed by atoms with Crippen LogP contribution in [-0.4, -0.2) is 60.6 Å². The van der Waals surface area contributed by atoms with Gasteiger partial charge in [-0.25, -0.2) is 4.98 Å². The Labute approximate surface area is 146 Å². The number of alkyl halides is 3. The molecule has 1 saturated heterocycles. The Morgan fingerprint density at radius 1 is 1.25 bits per heavy atom. The van der Waals surface area contributed by atoms with Crippen molar-refractivity contribution in [3.05, 3.63) is 22.8 Å². The van der Waals surface area contributed by atoms with Gasteiger partial charge in [-0.15, -0.1) is 0 Å². The van der Waals surface area contributed by atoms with Gasteiger partial charge in [0, 0.05) is 45.0 Å². The minimum absolute atomic E-state index is 0.00860. The first-order valence-electron chi connectivity index (χ1n) is 8.07. The van der Waals surface area contributed by atoms with Crippen molar-refractivity contribution in [2.75, 3.05) is 45.1 Å². The molecule has 0 bridgehead atoms. The second-order valence-electron chi connectivity index (χ2n) is 6.58. The summed E-state index contributed by atoms with van der Waals surface area (Å²) >= 11 is 5.96. The molecule has 0 spiro atoms. The van der Waals surface area contributed by atoms with Crippen molar-refractivity contribution in [3.63, 3.8) is 0 Å². The first-order valence-corrected chi connectivity index (χ1v) is 8.45. The standard InChI is InChI=1S/C16H24ClF3N4/c1-11(2)14(24-6-4-23(3)5-7-24)10-22-15-13(17)8-12(9-21-15)16(18,19)20/h8-9,11,14H,4-7,10H2,1-3H3,(H,21,22). The van der Waals surface area contributed by atoms with Crippen LogP contribution in [0.25, 0.3) is 0 Å². The molecule has 1 aliphatic heterocycles. The highest BCUT2D eigenvalue weighted by molar-refractivity contribution is 6.32. The number of likely N-dealkylation sites (N-methyl/N-ethyl adjacent to an activating group) is 1. The van der Waals surface area contributed by atoms with Gasteiger partial charge in [-0.3, -0.25) is 4.90 Å². The quantitative estimate of drug-likeness (QED) is 0.867. The Balaban J connectivity index is 2.02. The zero-order chi connectivity index (χ0) is 17.9. The lowest BCUT2D eigenvalue weighted by atomic mass is 10.0. The zero-order valence-electron chi connectivity index (χ0n) is 14.2. The van der Waals surface area contributed by atoms with Gasteiger partial charge in [0.15, 0.2) is 0 Å². The van der Waals surface area contributed by atoms with Crippen LogP contribution in [0.3, 0.4) is 0 Å². The molecule has 0 aliphatic carbocycles. The van der Waals surface area contributed by atoms with Crippen molar-refractivity contribution in [2.45, 2.75) is 26.1 Å². The summed E-state index contributed by atoms with van der Waals surface area (Å²) in [6, 6.07) is 1.19. The van der Waals surface area contributed by atoms with Crippen LogP contribution in [0.4, 0.5) is 19.0 Å². The highest BCUT2D eigenvalue weighted by Crippen LogP contribution is 2.32. The van der Waals surface area contributed by atoms with Crippen molar-refractivity contribution in [3.8, 4) is 0 Å². The Bertz CT molecular complexity index is 543. The number of nitrogens with one attached hydrogen (secondary N) is 1. The number of hydrogen-bond donors (Lipinski definition) is 1. The molecule has 0 radical (unpaired) electrons. The van der Waals surface area contributed by atoms with E-state index in [1.165, 1.54) is 0 Å². The number of halogens is 4. The number of piperazine rings is 1. The second kappa shape index (κ2) is 7.89. The Morgan fingerprint density at radius 2 is 1.88 bits per heavy atom. The van der Waals surface area contributed by atoms with Crippen LogP contribution in [0.1, 0.15) is 19.4 Å². The fourth-order valence-electron chi connectivity index (χ4n) is 2.86. The zero-order valence-corrected chi connectivity index (χ0v) is 15.0. The molecule has 24 heavy (non-hydrogen) atoms. The van der Waals surface area contributed by atoms with Crippen LogP contribution >= 0.6 is 11.6 Å². The average molecular weight is 365 g/mol. The predicted molar refractivity (Wildman–Crippen MR) is 90.4 cm³/mol. The van der Waals surface area contributed by atoms with E-state index in [1.807, 2.05) is 0 Å². The first kappa shape index (κ1) is 19.3. The Hall–Kier alpha value is -1.05. The molecule has 1 fully saturated rings. The van der Waals surface area contributed by atoms with E-state index < -0.39 is 11.7 Å². The van der Waals surface area contributed by atoms with Gasteiger partial charge in [0.1, 0.15) is 5.82 Å². The summed E-state index contributed by atoms with van der Waals surface area (Å²) < 4.78 is 38.0. The number of rotatable bonds is 5. The molecule has 4 nitrogen and oxygen atoms in total. The van der Waals surface area contributed by atoms with Crippen molar-refractivity contribution < 1.29 is 13.2 Å². The van der Waals surface area contributed by atoms with Crippen LogP contribution in [-0.2, 0) is 6.18 Å². The van der Waals surface area contributed by atoms with Crippen molar-refractivity contribution in [1.29, 1.82) is 0 Å². The van der Waals surface area contributed by atoms with Crippen LogP contribution in [0.15, 0.2) is 12.3 Å². The van der Waals surface area contributed by atoms with Gasteiger partial charge in [0.05, 0.1) is 10.6 Å². The first-order chi connectivity index (χ1) is 11.2. The van der Waals surface area contributed by atoms with E-state index in [2.05, 4.69) is 41.0 Å². The molecule has 1 aromatic heterocycles. The molecular weight excluding hydrogens is 341 g/mol. The summed E-state index contributed by atoms with van der Waals surface area (Å²) in [6.07, 6.45) is -3.62. The highest BCUT2D eigenvalue weighted by Gasteiger charge is 2.32. The molecule has 1 N–H and O–H groups in total. The van der Waals surface area contributed by atoms with Crippen molar-refractivity contribution in [2.24, 2.45) is 5.92 Å². The number of nitrogens with zero attached hydrogens (tertiary/aromatic N) is 3. The fraction of sp³-hybridized carbons (Fsp3) is 0.688. The van der Waals surface area contributed by atoms with Gasteiger partial charge in [0.25, 0.3) is 0 Å². The maximum atomic E-state index is 12.7. The molecule has 2 rings (SSSR count).